The summed E-state index contributed by atoms with van der Waals surface area (Å²) in [6.45, 7) is 7.54. The van der Waals surface area contributed by atoms with E-state index in [1.165, 1.54) is 25.0 Å². The van der Waals surface area contributed by atoms with Crippen molar-refractivity contribution in [3.63, 3.8) is 0 Å². The lowest BCUT2D eigenvalue weighted by atomic mass is 10.1. The van der Waals surface area contributed by atoms with Crippen molar-refractivity contribution in [3.05, 3.63) is 78.2 Å². The topological polar surface area (TPSA) is 91.9 Å². The number of anilines is 3. The van der Waals surface area contributed by atoms with E-state index in [4.69, 9.17) is 9.47 Å². The second-order valence-corrected chi connectivity index (χ2v) is 10.7. The molecule has 9 nitrogen and oxygen atoms in total. The molecule has 3 heterocycles. The van der Waals surface area contributed by atoms with Gasteiger partial charge in [-0.2, -0.15) is 4.98 Å². The zero-order chi connectivity index (χ0) is 28.9. The van der Waals surface area contributed by atoms with Gasteiger partial charge in [-0.25, -0.2) is 9.37 Å². The molecule has 10 heteroatoms. The van der Waals surface area contributed by atoms with E-state index in [-0.39, 0.29) is 5.56 Å². The number of morpholine rings is 1. The molecule has 0 spiro atoms. The van der Waals surface area contributed by atoms with Gasteiger partial charge in [0.15, 0.2) is 0 Å². The Hall–Kier alpha value is -4.28. The molecule has 218 valence electrons. The Morgan fingerprint density at radius 3 is 2.71 bits per heavy atom. The van der Waals surface area contributed by atoms with Crippen molar-refractivity contribution in [2.75, 3.05) is 61.5 Å². The lowest BCUT2D eigenvalue weighted by molar-refractivity contribution is 0.102. The summed E-state index contributed by atoms with van der Waals surface area (Å²) < 4.78 is 26.1. The average Bonchev–Trinajstić information content (AvgIpc) is 3.43. The minimum Gasteiger partial charge on any atom is -0.438 e. The molecule has 1 atom stereocenters. The molecular formula is C32H35FN6O3. The standard InChI is InChI=1S/C32H35FN6O3/c1-22-5-4-13-38(22)14-12-35-32-34-11-10-30(37-32)42-29-9-8-28(26-6-2-3-7-27(26)29)36-31(40)23-19-24(33)21-25(20-23)39-15-17-41-18-16-39/h2-3,6-11,19-22H,4-5,12-18H2,1H3,(H,36,40)(H,34,35,37). The third-order valence-corrected chi connectivity index (χ3v) is 7.87. The van der Waals surface area contributed by atoms with E-state index in [1.807, 2.05) is 29.2 Å². The summed E-state index contributed by atoms with van der Waals surface area (Å²) in [6.07, 6.45) is 4.17. The average molecular weight is 571 g/mol. The lowest BCUT2D eigenvalue weighted by Crippen LogP contribution is -2.36. The first-order valence-corrected chi connectivity index (χ1v) is 14.5. The predicted octanol–water partition coefficient (Wildman–Crippen LogP) is 5.55. The van der Waals surface area contributed by atoms with Crippen LogP contribution in [0.4, 0.5) is 21.7 Å². The Kier molecular flexibility index (Phi) is 8.43. The molecule has 0 saturated carbocycles. The minimum absolute atomic E-state index is 0.251. The maximum absolute atomic E-state index is 14.5. The van der Waals surface area contributed by atoms with E-state index in [0.29, 0.717) is 61.3 Å². The summed E-state index contributed by atoms with van der Waals surface area (Å²) >= 11 is 0. The molecule has 2 fully saturated rings. The summed E-state index contributed by atoms with van der Waals surface area (Å²) in [4.78, 5) is 26.6. The zero-order valence-corrected chi connectivity index (χ0v) is 23.7. The lowest BCUT2D eigenvalue weighted by Gasteiger charge is -2.29. The van der Waals surface area contributed by atoms with E-state index in [9.17, 15) is 9.18 Å². The number of benzene rings is 3. The molecular weight excluding hydrogens is 535 g/mol. The van der Waals surface area contributed by atoms with Crippen LogP contribution in [0.5, 0.6) is 11.6 Å². The normalized spacial score (nSPS) is 17.4. The number of fused-ring (bicyclic) bond motifs is 1. The first kappa shape index (κ1) is 27.9. The van der Waals surface area contributed by atoms with Gasteiger partial charge in [-0.3, -0.25) is 9.69 Å². The van der Waals surface area contributed by atoms with E-state index in [2.05, 4.69) is 32.4 Å². The van der Waals surface area contributed by atoms with Crippen molar-refractivity contribution in [2.45, 2.75) is 25.8 Å². The SMILES string of the molecule is CC1CCCN1CCNc1nccc(Oc2ccc(NC(=O)c3cc(F)cc(N4CCOCC4)c3)c3ccccc23)n1. The van der Waals surface area contributed by atoms with Crippen molar-refractivity contribution in [2.24, 2.45) is 0 Å². The number of nitrogens with one attached hydrogen (secondary N) is 2. The van der Waals surface area contributed by atoms with Crippen LogP contribution in [-0.2, 0) is 4.74 Å². The molecule has 2 aliphatic heterocycles. The number of likely N-dealkylation sites (tertiary alicyclic amines) is 1. The van der Waals surface area contributed by atoms with Crippen LogP contribution in [0.3, 0.4) is 0 Å². The fourth-order valence-corrected chi connectivity index (χ4v) is 5.61. The van der Waals surface area contributed by atoms with Crippen LogP contribution in [0.2, 0.25) is 0 Å². The van der Waals surface area contributed by atoms with Crippen molar-refractivity contribution >= 4 is 34.0 Å². The second-order valence-electron chi connectivity index (χ2n) is 10.7. The Morgan fingerprint density at radius 1 is 1.07 bits per heavy atom. The number of halogens is 1. The van der Waals surface area contributed by atoms with Gasteiger partial charge in [0.2, 0.25) is 11.8 Å². The van der Waals surface area contributed by atoms with E-state index in [1.54, 1.807) is 30.5 Å². The minimum atomic E-state index is -0.456. The van der Waals surface area contributed by atoms with Gasteiger partial charge in [0.1, 0.15) is 11.6 Å². The Bertz CT molecular complexity index is 1560. The number of carbonyl (C=O) groups excluding carboxylic acids is 1. The van der Waals surface area contributed by atoms with Crippen LogP contribution < -0.4 is 20.3 Å². The van der Waals surface area contributed by atoms with E-state index < -0.39 is 11.7 Å². The Labute approximate surface area is 244 Å². The number of nitrogens with zero attached hydrogens (tertiary/aromatic N) is 4. The van der Waals surface area contributed by atoms with Gasteiger partial charge >= 0.3 is 0 Å². The van der Waals surface area contributed by atoms with Gasteiger partial charge in [0.05, 0.1) is 13.2 Å². The van der Waals surface area contributed by atoms with Gasteiger partial charge in [-0.1, -0.05) is 24.3 Å². The zero-order valence-electron chi connectivity index (χ0n) is 23.7. The highest BCUT2D eigenvalue weighted by atomic mass is 19.1. The first-order chi connectivity index (χ1) is 20.5. The summed E-state index contributed by atoms with van der Waals surface area (Å²) in [5.74, 6) is 0.678. The number of hydrogen-bond donors (Lipinski definition) is 2. The molecule has 1 unspecified atom stereocenters. The monoisotopic (exact) mass is 570 g/mol. The number of aromatic nitrogens is 2. The summed E-state index contributed by atoms with van der Waals surface area (Å²) in [7, 11) is 0. The smallest absolute Gasteiger partial charge is 0.255 e. The number of rotatable bonds is 9. The van der Waals surface area contributed by atoms with Gasteiger partial charge in [0, 0.05) is 72.2 Å². The van der Waals surface area contributed by atoms with Crippen LogP contribution in [0.15, 0.2) is 66.9 Å². The quantitative estimate of drug-likeness (QED) is 0.271. The number of hydrogen-bond acceptors (Lipinski definition) is 8. The van der Waals surface area contributed by atoms with E-state index in [0.717, 1.165) is 30.4 Å². The first-order valence-electron chi connectivity index (χ1n) is 14.5. The molecule has 2 N–H and O–H groups in total. The number of carbonyl (C=O) groups is 1. The van der Waals surface area contributed by atoms with Crippen LogP contribution in [0.25, 0.3) is 10.8 Å². The molecule has 2 saturated heterocycles. The van der Waals surface area contributed by atoms with Crippen LogP contribution in [0, 0.1) is 5.82 Å². The van der Waals surface area contributed by atoms with Crippen LogP contribution >= 0.6 is 0 Å². The molecule has 1 amide bonds. The maximum atomic E-state index is 14.5. The van der Waals surface area contributed by atoms with Gasteiger partial charge < -0.3 is 25.0 Å². The van der Waals surface area contributed by atoms with Crippen molar-refractivity contribution in [1.82, 2.24) is 14.9 Å². The maximum Gasteiger partial charge on any atom is 0.255 e. The third-order valence-electron chi connectivity index (χ3n) is 7.87. The van der Waals surface area contributed by atoms with Crippen LogP contribution in [0.1, 0.15) is 30.1 Å². The second kappa shape index (κ2) is 12.7. The molecule has 1 aromatic heterocycles. The molecule has 0 radical (unpaired) electrons. The summed E-state index contributed by atoms with van der Waals surface area (Å²) in [5, 5.41) is 7.86. The highest BCUT2D eigenvalue weighted by Gasteiger charge is 2.20. The molecule has 3 aromatic carbocycles. The molecule has 0 aliphatic carbocycles. The largest absolute Gasteiger partial charge is 0.438 e. The fraction of sp³-hybridized carbons (Fsp3) is 0.344. The Morgan fingerprint density at radius 2 is 1.90 bits per heavy atom. The van der Waals surface area contributed by atoms with E-state index >= 15 is 0 Å². The van der Waals surface area contributed by atoms with Gasteiger partial charge in [-0.15, -0.1) is 0 Å². The fourth-order valence-electron chi connectivity index (χ4n) is 5.61. The van der Waals surface area contributed by atoms with Gasteiger partial charge in [0.25, 0.3) is 5.91 Å². The third kappa shape index (κ3) is 6.45. The van der Waals surface area contributed by atoms with Gasteiger partial charge in [-0.05, 0) is 56.6 Å². The van der Waals surface area contributed by atoms with Crippen molar-refractivity contribution in [1.29, 1.82) is 0 Å². The number of amides is 1. The predicted molar refractivity (Wildman–Crippen MR) is 162 cm³/mol. The number of ether oxygens (including phenoxy) is 2. The Balaban J connectivity index is 1.17. The highest BCUT2D eigenvalue weighted by Crippen LogP contribution is 2.34. The summed E-state index contributed by atoms with van der Waals surface area (Å²) in [6, 6.07) is 18.0. The van der Waals surface area contributed by atoms with Crippen molar-refractivity contribution in [3.8, 4) is 11.6 Å². The molecule has 42 heavy (non-hydrogen) atoms. The summed E-state index contributed by atoms with van der Waals surface area (Å²) in [5.41, 5.74) is 1.52. The molecule has 6 rings (SSSR count). The van der Waals surface area contributed by atoms with Crippen LogP contribution in [-0.4, -0.2) is 72.8 Å². The highest BCUT2D eigenvalue weighted by molar-refractivity contribution is 6.10. The molecule has 2 aliphatic rings. The molecule has 0 bridgehead atoms. The molecule has 4 aromatic rings. The van der Waals surface area contributed by atoms with Crippen molar-refractivity contribution < 1.29 is 18.7 Å².